The second-order valence-corrected chi connectivity index (χ2v) is 7.67. The monoisotopic (exact) mass is 372 g/mol. The molecule has 4 nitrogen and oxygen atoms in total. The van der Waals surface area contributed by atoms with Gasteiger partial charge < -0.3 is 4.57 Å². The molecule has 0 saturated heterocycles. The molecular weight excluding hydrogens is 360 g/mol. The van der Waals surface area contributed by atoms with Gasteiger partial charge in [-0.1, -0.05) is 47.6 Å². The molecule has 0 aliphatic carbocycles. The van der Waals surface area contributed by atoms with Crippen LogP contribution >= 0.6 is 34.7 Å². The third kappa shape index (κ3) is 2.92. The van der Waals surface area contributed by atoms with E-state index in [2.05, 4.69) is 21.2 Å². The van der Waals surface area contributed by atoms with Crippen molar-refractivity contribution < 1.29 is 0 Å². The standard InChI is InChI=1S/C17H13ClN4S2/c1-22-16(11-6-2-3-7-12(11)18)20-21-17(22)23-10-15-19-13-8-4-5-9-14(13)24-15/h2-9H,10H2,1H3. The Labute approximate surface area is 152 Å². The van der Waals surface area contributed by atoms with Crippen molar-refractivity contribution in [3.8, 4) is 11.4 Å². The first-order valence-corrected chi connectivity index (χ1v) is 9.52. The van der Waals surface area contributed by atoms with Crippen LogP contribution < -0.4 is 0 Å². The maximum Gasteiger partial charge on any atom is 0.191 e. The van der Waals surface area contributed by atoms with Crippen molar-refractivity contribution in [1.29, 1.82) is 0 Å². The van der Waals surface area contributed by atoms with E-state index in [0.29, 0.717) is 5.02 Å². The van der Waals surface area contributed by atoms with Crippen LogP contribution in [0, 0.1) is 0 Å². The van der Waals surface area contributed by atoms with Crippen molar-refractivity contribution in [3.05, 3.63) is 58.6 Å². The fourth-order valence-corrected chi connectivity index (χ4v) is 4.52. The minimum Gasteiger partial charge on any atom is -0.305 e. The minimum atomic E-state index is 0.677. The van der Waals surface area contributed by atoms with E-state index < -0.39 is 0 Å². The number of halogens is 1. The van der Waals surface area contributed by atoms with E-state index in [-0.39, 0.29) is 0 Å². The number of benzene rings is 2. The lowest BCUT2D eigenvalue weighted by Crippen LogP contribution is -1.95. The molecule has 0 atom stereocenters. The highest BCUT2D eigenvalue weighted by atomic mass is 35.5. The molecule has 0 aliphatic rings. The topological polar surface area (TPSA) is 43.6 Å². The molecule has 0 fully saturated rings. The average Bonchev–Trinajstić information content (AvgIpc) is 3.17. The molecule has 0 radical (unpaired) electrons. The van der Waals surface area contributed by atoms with Gasteiger partial charge in [-0.2, -0.15) is 0 Å². The van der Waals surface area contributed by atoms with Gasteiger partial charge in [-0.3, -0.25) is 0 Å². The molecule has 0 unspecified atom stereocenters. The number of fused-ring (bicyclic) bond motifs is 1. The Kier molecular flexibility index (Phi) is 4.26. The van der Waals surface area contributed by atoms with Crippen LogP contribution in [0.5, 0.6) is 0 Å². The van der Waals surface area contributed by atoms with Crippen LogP contribution in [0.15, 0.2) is 53.7 Å². The molecule has 24 heavy (non-hydrogen) atoms. The number of thiazole rings is 1. The molecule has 0 spiro atoms. The van der Waals surface area contributed by atoms with E-state index in [1.165, 1.54) is 4.70 Å². The molecular formula is C17H13ClN4S2. The number of hydrogen-bond donors (Lipinski definition) is 0. The zero-order chi connectivity index (χ0) is 16.5. The Morgan fingerprint density at radius 3 is 2.71 bits per heavy atom. The van der Waals surface area contributed by atoms with E-state index in [1.807, 2.05) is 54.1 Å². The zero-order valence-electron chi connectivity index (χ0n) is 12.8. The molecule has 7 heteroatoms. The molecule has 120 valence electrons. The van der Waals surface area contributed by atoms with Gasteiger partial charge in [-0.25, -0.2) is 4.98 Å². The zero-order valence-corrected chi connectivity index (χ0v) is 15.2. The second-order valence-electron chi connectivity index (χ2n) is 5.21. The summed E-state index contributed by atoms with van der Waals surface area (Å²) in [4.78, 5) is 4.66. The predicted molar refractivity (Wildman–Crippen MR) is 101 cm³/mol. The number of hydrogen-bond acceptors (Lipinski definition) is 5. The van der Waals surface area contributed by atoms with Gasteiger partial charge >= 0.3 is 0 Å². The Hall–Kier alpha value is -1.89. The Morgan fingerprint density at radius 1 is 1.08 bits per heavy atom. The summed E-state index contributed by atoms with van der Waals surface area (Å²) in [6.45, 7) is 0. The molecule has 0 aliphatic heterocycles. The van der Waals surface area contributed by atoms with Crippen molar-refractivity contribution >= 4 is 44.9 Å². The average molecular weight is 373 g/mol. The van der Waals surface area contributed by atoms with E-state index in [9.17, 15) is 0 Å². The minimum absolute atomic E-state index is 0.677. The molecule has 4 aromatic rings. The van der Waals surface area contributed by atoms with Crippen LogP contribution in [-0.4, -0.2) is 19.7 Å². The highest BCUT2D eigenvalue weighted by molar-refractivity contribution is 7.98. The fourth-order valence-electron chi connectivity index (χ4n) is 2.43. The lowest BCUT2D eigenvalue weighted by Gasteiger charge is -2.04. The largest absolute Gasteiger partial charge is 0.305 e. The first kappa shape index (κ1) is 15.6. The third-order valence-corrected chi connectivity index (χ3v) is 6.19. The van der Waals surface area contributed by atoms with Crippen LogP contribution in [0.3, 0.4) is 0 Å². The van der Waals surface area contributed by atoms with E-state index >= 15 is 0 Å². The first-order chi connectivity index (χ1) is 11.7. The smallest absolute Gasteiger partial charge is 0.191 e. The quantitative estimate of drug-likeness (QED) is 0.471. The highest BCUT2D eigenvalue weighted by Gasteiger charge is 2.14. The Bertz CT molecular complexity index is 976. The Balaban J connectivity index is 1.56. The lowest BCUT2D eigenvalue weighted by atomic mass is 10.2. The number of rotatable bonds is 4. The highest BCUT2D eigenvalue weighted by Crippen LogP contribution is 2.31. The Morgan fingerprint density at radius 2 is 1.88 bits per heavy atom. The van der Waals surface area contributed by atoms with Gasteiger partial charge in [0.2, 0.25) is 0 Å². The number of para-hydroxylation sites is 1. The molecule has 0 amide bonds. The summed E-state index contributed by atoms with van der Waals surface area (Å²) in [6, 6.07) is 15.9. The summed E-state index contributed by atoms with van der Waals surface area (Å²) in [5.74, 6) is 1.54. The summed E-state index contributed by atoms with van der Waals surface area (Å²) in [5, 5.41) is 11.2. The van der Waals surface area contributed by atoms with Gasteiger partial charge in [0.15, 0.2) is 11.0 Å². The molecule has 2 aromatic heterocycles. The SMILES string of the molecule is Cn1c(SCc2nc3ccccc3s2)nnc1-c1ccccc1Cl. The molecule has 2 aromatic carbocycles. The summed E-state index contributed by atoms with van der Waals surface area (Å²) in [7, 11) is 1.96. The first-order valence-electron chi connectivity index (χ1n) is 7.34. The van der Waals surface area contributed by atoms with Crippen molar-refractivity contribution in [2.45, 2.75) is 10.9 Å². The predicted octanol–water partition coefficient (Wildman–Crippen LogP) is 5.04. The van der Waals surface area contributed by atoms with Gasteiger partial charge in [0.05, 0.1) is 21.0 Å². The van der Waals surface area contributed by atoms with Crippen molar-refractivity contribution in [3.63, 3.8) is 0 Å². The van der Waals surface area contributed by atoms with Crippen molar-refractivity contribution in [2.75, 3.05) is 0 Å². The number of nitrogens with zero attached hydrogens (tertiary/aromatic N) is 4. The molecule has 0 N–H and O–H groups in total. The van der Waals surface area contributed by atoms with Crippen molar-refractivity contribution in [1.82, 2.24) is 19.7 Å². The third-order valence-electron chi connectivity index (χ3n) is 3.61. The summed E-state index contributed by atoms with van der Waals surface area (Å²) >= 11 is 9.61. The van der Waals surface area contributed by atoms with Gasteiger partial charge in [0, 0.05) is 12.6 Å². The van der Waals surface area contributed by atoms with E-state index in [4.69, 9.17) is 11.6 Å². The molecule has 4 rings (SSSR count). The van der Waals surface area contributed by atoms with E-state index in [1.54, 1.807) is 23.1 Å². The maximum atomic E-state index is 6.26. The maximum absolute atomic E-state index is 6.26. The van der Waals surface area contributed by atoms with Crippen LogP contribution in [0.25, 0.3) is 21.6 Å². The molecule has 0 bridgehead atoms. The lowest BCUT2D eigenvalue weighted by molar-refractivity contribution is 0.794. The molecule has 0 saturated carbocycles. The number of thioether (sulfide) groups is 1. The fraction of sp³-hybridized carbons (Fsp3) is 0.118. The normalized spacial score (nSPS) is 11.2. The van der Waals surface area contributed by atoms with Crippen LogP contribution in [0.1, 0.15) is 5.01 Å². The van der Waals surface area contributed by atoms with Gasteiger partial charge in [-0.15, -0.1) is 21.5 Å². The summed E-state index contributed by atoms with van der Waals surface area (Å²) in [6.07, 6.45) is 0. The van der Waals surface area contributed by atoms with Crippen LogP contribution in [-0.2, 0) is 12.8 Å². The van der Waals surface area contributed by atoms with Gasteiger partial charge in [0.25, 0.3) is 0 Å². The van der Waals surface area contributed by atoms with Crippen LogP contribution in [0.4, 0.5) is 0 Å². The summed E-state index contributed by atoms with van der Waals surface area (Å²) < 4.78 is 3.18. The van der Waals surface area contributed by atoms with E-state index in [0.717, 1.165) is 32.8 Å². The van der Waals surface area contributed by atoms with Crippen LogP contribution in [0.2, 0.25) is 5.02 Å². The molecule has 2 heterocycles. The van der Waals surface area contributed by atoms with Gasteiger partial charge in [-0.05, 0) is 24.3 Å². The second kappa shape index (κ2) is 6.55. The van der Waals surface area contributed by atoms with Crippen molar-refractivity contribution in [2.24, 2.45) is 7.05 Å². The van der Waals surface area contributed by atoms with Gasteiger partial charge in [0.1, 0.15) is 5.01 Å². The summed E-state index contributed by atoms with van der Waals surface area (Å²) in [5.41, 5.74) is 1.94. The number of aromatic nitrogens is 4.